The van der Waals surface area contributed by atoms with Crippen LogP contribution in [0.4, 0.5) is 0 Å². The minimum atomic E-state index is -1.34. The Bertz CT molecular complexity index is 1060. The van der Waals surface area contributed by atoms with E-state index in [1.807, 2.05) is 36.4 Å². The normalized spacial score (nSPS) is 13.4. The van der Waals surface area contributed by atoms with Crippen LogP contribution < -0.4 is 0 Å². The molecular formula is C21H17Cl2N3O2. The Kier molecular flexibility index (Phi) is 5.22. The van der Waals surface area contributed by atoms with Gasteiger partial charge >= 0.3 is 0 Å². The van der Waals surface area contributed by atoms with Crippen LogP contribution in [-0.4, -0.2) is 19.8 Å². The van der Waals surface area contributed by atoms with Crippen LogP contribution in [0.5, 0.6) is 0 Å². The topological polar surface area (TPSA) is 64.1 Å². The number of nitrogens with zero attached hydrogens (tertiary/aromatic N) is 3. The van der Waals surface area contributed by atoms with Crippen LogP contribution in [-0.2, 0) is 18.6 Å². The first-order chi connectivity index (χ1) is 13.5. The Morgan fingerprint density at radius 1 is 1.07 bits per heavy atom. The lowest BCUT2D eigenvalue weighted by atomic mass is 9.88. The molecule has 4 rings (SSSR count). The van der Waals surface area contributed by atoms with E-state index >= 15 is 0 Å². The average Bonchev–Trinajstić information content (AvgIpc) is 3.34. The number of rotatable bonds is 6. The lowest BCUT2D eigenvalue weighted by Gasteiger charge is -2.29. The highest BCUT2D eigenvalue weighted by Crippen LogP contribution is 2.35. The summed E-state index contributed by atoms with van der Waals surface area (Å²) in [6, 6.07) is 16.6. The van der Waals surface area contributed by atoms with E-state index in [1.54, 1.807) is 41.5 Å². The molecule has 0 amide bonds. The molecule has 28 heavy (non-hydrogen) atoms. The van der Waals surface area contributed by atoms with Gasteiger partial charge in [0.2, 0.25) is 0 Å². The molecule has 0 fully saturated rings. The molecule has 0 spiro atoms. The first-order valence-corrected chi connectivity index (χ1v) is 9.44. The molecule has 4 aromatic rings. The summed E-state index contributed by atoms with van der Waals surface area (Å²) in [4.78, 5) is 4.05. The second kappa shape index (κ2) is 7.80. The first kappa shape index (κ1) is 18.7. The Labute approximate surface area is 172 Å². The Morgan fingerprint density at radius 3 is 2.61 bits per heavy atom. The molecule has 5 nitrogen and oxygen atoms in total. The molecule has 0 aliphatic heterocycles. The molecule has 2 aromatic carbocycles. The second-order valence-electron chi connectivity index (χ2n) is 6.61. The van der Waals surface area contributed by atoms with Crippen LogP contribution in [0.1, 0.15) is 11.3 Å². The van der Waals surface area contributed by atoms with Gasteiger partial charge in [0.1, 0.15) is 17.1 Å². The van der Waals surface area contributed by atoms with Gasteiger partial charge in [0.05, 0.1) is 12.9 Å². The van der Waals surface area contributed by atoms with Crippen molar-refractivity contribution < 1.29 is 9.63 Å². The fourth-order valence-electron chi connectivity index (χ4n) is 3.21. The zero-order valence-electron chi connectivity index (χ0n) is 14.8. The minimum absolute atomic E-state index is 0.187. The van der Waals surface area contributed by atoms with Crippen molar-refractivity contribution in [2.75, 3.05) is 0 Å². The van der Waals surface area contributed by atoms with Gasteiger partial charge in [-0.15, -0.1) is 0 Å². The monoisotopic (exact) mass is 413 g/mol. The molecule has 2 heterocycles. The fourth-order valence-corrected chi connectivity index (χ4v) is 3.80. The van der Waals surface area contributed by atoms with Crippen molar-refractivity contribution in [3.8, 4) is 11.3 Å². The number of hydrogen-bond acceptors (Lipinski definition) is 4. The zero-order valence-corrected chi connectivity index (χ0v) is 16.3. The quantitative estimate of drug-likeness (QED) is 0.484. The predicted octanol–water partition coefficient (Wildman–Crippen LogP) is 4.98. The fraction of sp³-hybridized carbons (Fsp3) is 0.143. The largest absolute Gasteiger partial charge is 0.383 e. The van der Waals surface area contributed by atoms with E-state index in [0.717, 1.165) is 5.56 Å². The van der Waals surface area contributed by atoms with Gasteiger partial charge in [0, 0.05) is 46.1 Å². The molecule has 2 aromatic heterocycles. The van der Waals surface area contributed by atoms with Crippen molar-refractivity contribution in [3.05, 3.63) is 94.7 Å². The maximum absolute atomic E-state index is 11.6. The van der Waals surface area contributed by atoms with E-state index < -0.39 is 5.60 Å². The smallest absolute Gasteiger partial charge is 0.140 e. The maximum atomic E-state index is 11.6. The molecule has 0 aliphatic rings. The van der Waals surface area contributed by atoms with E-state index in [1.165, 1.54) is 0 Å². The van der Waals surface area contributed by atoms with Crippen LogP contribution in [0.2, 0.25) is 10.0 Å². The van der Waals surface area contributed by atoms with Gasteiger partial charge in [0.25, 0.3) is 0 Å². The molecule has 142 valence electrons. The standard InChI is InChI=1S/C21H17Cl2N3O2/c22-16-6-7-18(19(23)10-16)21(27,13-26-9-8-24-14-26)12-17-11-20(25-28-17)15-4-2-1-3-5-15/h1-11,14,27H,12-13H2. The van der Waals surface area contributed by atoms with Gasteiger partial charge < -0.3 is 14.2 Å². The van der Waals surface area contributed by atoms with Crippen LogP contribution in [0, 0.1) is 0 Å². The SMILES string of the molecule is OC(Cc1cc(-c2ccccc2)no1)(Cn1ccnc1)c1ccc(Cl)cc1Cl. The lowest BCUT2D eigenvalue weighted by molar-refractivity contribution is 0.0127. The van der Waals surface area contributed by atoms with Crippen molar-refractivity contribution >= 4 is 23.2 Å². The van der Waals surface area contributed by atoms with Crippen LogP contribution in [0.15, 0.2) is 77.8 Å². The number of benzene rings is 2. The highest BCUT2D eigenvalue weighted by molar-refractivity contribution is 6.35. The van der Waals surface area contributed by atoms with E-state index in [-0.39, 0.29) is 13.0 Å². The van der Waals surface area contributed by atoms with E-state index in [4.69, 9.17) is 27.7 Å². The molecular weight excluding hydrogens is 397 g/mol. The summed E-state index contributed by atoms with van der Waals surface area (Å²) in [7, 11) is 0. The minimum Gasteiger partial charge on any atom is -0.383 e. The van der Waals surface area contributed by atoms with Crippen LogP contribution >= 0.6 is 23.2 Å². The van der Waals surface area contributed by atoms with Gasteiger partial charge in [-0.3, -0.25) is 0 Å². The van der Waals surface area contributed by atoms with Gasteiger partial charge in [-0.1, -0.05) is 64.8 Å². The number of aromatic nitrogens is 3. The second-order valence-corrected chi connectivity index (χ2v) is 7.46. The van der Waals surface area contributed by atoms with Crippen molar-refractivity contribution in [1.82, 2.24) is 14.7 Å². The summed E-state index contributed by atoms with van der Waals surface area (Å²) in [5.41, 5.74) is 0.878. The Hall–Kier alpha value is -2.60. The third-order valence-electron chi connectivity index (χ3n) is 4.53. The maximum Gasteiger partial charge on any atom is 0.140 e. The molecule has 0 saturated heterocycles. The Morgan fingerprint density at radius 2 is 1.89 bits per heavy atom. The first-order valence-electron chi connectivity index (χ1n) is 8.68. The summed E-state index contributed by atoms with van der Waals surface area (Å²) in [6.07, 6.45) is 5.27. The molecule has 0 bridgehead atoms. The Balaban J connectivity index is 1.69. The van der Waals surface area contributed by atoms with E-state index in [0.29, 0.717) is 27.1 Å². The van der Waals surface area contributed by atoms with Crippen molar-refractivity contribution in [2.24, 2.45) is 0 Å². The summed E-state index contributed by atoms with van der Waals surface area (Å²) in [5, 5.41) is 16.6. The molecule has 0 saturated carbocycles. The van der Waals surface area contributed by atoms with E-state index in [2.05, 4.69) is 10.1 Å². The highest BCUT2D eigenvalue weighted by Gasteiger charge is 2.34. The average molecular weight is 414 g/mol. The zero-order chi connectivity index (χ0) is 19.6. The van der Waals surface area contributed by atoms with Crippen LogP contribution in [0.25, 0.3) is 11.3 Å². The molecule has 1 N–H and O–H groups in total. The van der Waals surface area contributed by atoms with Gasteiger partial charge in [0.15, 0.2) is 0 Å². The van der Waals surface area contributed by atoms with Crippen molar-refractivity contribution in [3.63, 3.8) is 0 Å². The summed E-state index contributed by atoms with van der Waals surface area (Å²) in [6.45, 7) is 0.246. The summed E-state index contributed by atoms with van der Waals surface area (Å²) < 4.78 is 7.31. The molecule has 7 heteroatoms. The van der Waals surface area contributed by atoms with Gasteiger partial charge in [-0.2, -0.15) is 0 Å². The molecule has 1 unspecified atom stereocenters. The van der Waals surface area contributed by atoms with Crippen LogP contribution in [0.3, 0.4) is 0 Å². The van der Waals surface area contributed by atoms with Gasteiger partial charge in [-0.05, 0) is 12.1 Å². The van der Waals surface area contributed by atoms with Crippen molar-refractivity contribution in [2.45, 2.75) is 18.6 Å². The molecule has 1 atom stereocenters. The number of hydrogen-bond donors (Lipinski definition) is 1. The predicted molar refractivity (Wildman–Crippen MR) is 108 cm³/mol. The number of halogens is 2. The molecule has 0 radical (unpaired) electrons. The molecule has 0 aliphatic carbocycles. The third-order valence-corrected chi connectivity index (χ3v) is 5.08. The summed E-state index contributed by atoms with van der Waals surface area (Å²) in [5.74, 6) is 0.549. The van der Waals surface area contributed by atoms with E-state index in [9.17, 15) is 5.11 Å². The van der Waals surface area contributed by atoms with Gasteiger partial charge in [-0.25, -0.2) is 4.98 Å². The van der Waals surface area contributed by atoms with Crippen molar-refractivity contribution in [1.29, 1.82) is 0 Å². The lowest BCUT2D eigenvalue weighted by Crippen LogP contribution is -2.34. The highest BCUT2D eigenvalue weighted by atomic mass is 35.5. The number of aliphatic hydroxyl groups is 1. The number of imidazole rings is 1. The third kappa shape index (κ3) is 3.97. The summed E-state index contributed by atoms with van der Waals surface area (Å²) >= 11 is 12.4.